The minimum absolute atomic E-state index is 0.00605. The molecule has 2 aromatic rings. The van der Waals surface area contributed by atoms with Crippen molar-refractivity contribution in [2.45, 2.75) is 6.04 Å². The zero-order valence-corrected chi connectivity index (χ0v) is 15.5. The minimum atomic E-state index is -0.682. The quantitative estimate of drug-likeness (QED) is 0.451. The average Bonchev–Trinajstić information content (AvgIpc) is 2.60. The second-order valence-electron chi connectivity index (χ2n) is 5.87. The van der Waals surface area contributed by atoms with Crippen LogP contribution in [0, 0.1) is 10.1 Å². The first-order chi connectivity index (χ1) is 12.3. The lowest BCUT2D eigenvalue weighted by molar-refractivity contribution is -0.385. The first-order valence-corrected chi connectivity index (χ1v) is 8.18. The van der Waals surface area contributed by atoms with Gasteiger partial charge in [0, 0.05) is 22.9 Å². The number of nitro groups is 1. The predicted octanol–water partition coefficient (Wildman–Crippen LogP) is 3.68. The molecule has 138 valence electrons. The van der Waals surface area contributed by atoms with Crippen molar-refractivity contribution in [2.24, 2.45) is 4.99 Å². The molecule has 0 aliphatic heterocycles. The van der Waals surface area contributed by atoms with Crippen molar-refractivity contribution in [1.82, 2.24) is 4.90 Å². The average molecular weight is 378 g/mol. The standard InChI is InChI=1S/C18H20ClN3O4/c1-21(2)17(12-4-6-15(26-3)7-5-12)11-20-10-13-8-14(19)9-16(18(13)23)22(24)25/h4-10,17,23H,11H2,1-3H3. The third-order valence-corrected chi connectivity index (χ3v) is 4.13. The maximum absolute atomic E-state index is 11.0. The molecule has 26 heavy (non-hydrogen) atoms. The molecule has 0 amide bonds. The van der Waals surface area contributed by atoms with Gasteiger partial charge in [-0.05, 0) is 37.9 Å². The van der Waals surface area contributed by atoms with Crippen LogP contribution in [-0.2, 0) is 0 Å². The molecule has 8 heteroatoms. The van der Waals surface area contributed by atoms with Gasteiger partial charge in [0.1, 0.15) is 5.75 Å². The Morgan fingerprint density at radius 2 is 2.00 bits per heavy atom. The number of rotatable bonds is 7. The van der Waals surface area contributed by atoms with E-state index in [1.165, 1.54) is 12.3 Å². The van der Waals surface area contributed by atoms with Crippen LogP contribution in [-0.4, -0.2) is 48.9 Å². The van der Waals surface area contributed by atoms with Gasteiger partial charge in [0.2, 0.25) is 5.75 Å². The van der Waals surface area contributed by atoms with Gasteiger partial charge in [0.15, 0.2) is 0 Å². The normalized spacial score (nSPS) is 12.5. The van der Waals surface area contributed by atoms with Crippen LogP contribution < -0.4 is 4.74 Å². The molecule has 7 nitrogen and oxygen atoms in total. The highest BCUT2D eigenvalue weighted by molar-refractivity contribution is 6.31. The lowest BCUT2D eigenvalue weighted by Crippen LogP contribution is -2.22. The van der Waals surface area contributed by atoms with Crippen molar-refractivity contribution >= 4 is 23.5 Å². The Kier molecular flexibility index (Phi) is 6.54. The predicted molar refractivity (Wildman–Crippen MR) is 102 cm³/mol. The second-order valence-corrected chi connectivity index (χ2v) is 6.30. The van der Waals surface area contributed by atoms with Gasteiger partial charge in [-0.3, -0.25) is 15.1 Å². The molecule has 0 radical (unpaired) electrons. The number of nitrogens with zero attached hydrogens (tertiary/aromatic N) is 3. The largest absolute Gasteiger partial charge is 0.502 e. The number of aliphatic imine (C=N–C) groups is 1. The Morgan fingerprint density at radius 3 is 2.54 bits per heavy atom. The molecule has 0 spiro atoms. The molecular formula is C18H20ClN3O4. The number of phenolic OH excluding ortho intramolecular Hbond substituents is 1. The lowest BCUT2D eigenvalue weighted by Gasteiger charge is -2.23. The highest BCUT2D eigenvalue weighted by Gasteiger charge is 2.18. The van der Waals surface area contributed by atoms with E-state index in [1.807, 2.05) is 43.3 Å². The molecule has 1 unspecified atom stereocenters. The molecule has 2 aromatic carbocycles. The van der Waals surface area contributed by atoms with E-state index in [2.05, 4.69) is 4.99 Å². The van der Waals surface area contributed by atoms with E-state index in [0.717, 1.165) is 17.4 Å². The number of hydrogen-bond donors (Lipinski definition) is 1. The topological polar surface area (TPSA) is 88.2 Å². The van der Waals surface area contributed by atoms with Crippen LogP contribution in [0.1, 0.15) is 17.2 Å². The van der Waals surface area contributed by atoms with Crippen LogP contribution in [0.15, 0.2) is 41.4 Å². The van der Waals surface area contributed by atoms with Crippen molar-refractivity contribution in [2.75, 3.05) is 27.7 Å². The van der Waals surface area contributed by atoms with E-state index < -0.39 is 16.4 Å². The van der Waals surface area contributed by atoms with Crippen LogP contribution in [0.4, 0.5) is 5.69 Å². The smallest absolute Gasteiger partial charge is 0.312 e. The molecule has 0 saturated heterocycles. The van der Waals surface area contributed by atoms with Crippen LogP contribution in [0.25, 0.3) is 0 Å². The molecule has 0 aromatic heterocycles. The summed E-state index contributed by atoms with van der Waals surface area (Å²) < 4.78 is 5.16. The Morgan fingerprint density at radius 1 is 1.35 bits per heavy atom. The van der Waals surface area contributed by atoms with Crippen molar-refractivity contribution < 1.29 is 14.8 Å². The summed E-state index contributed by atoms with van der Waals surface area (Å²) >= 11 is 5.89. The molecule has 0 fully saturated rings. The van der Waals surface area contributed by atoms with E-state index in [9.17, 15) is 15.2 Å². The summed E-state index contributed by atoms with van der Waals surface area (Å²) in [7, 11) is 5.48. The Hall–Kier alpha value is -2.64. The molecule has 0 bridgehead atoms. The molecule has 0 heterocycles. The lowest BCUT2D eigenvalue weighted by atomic mass is 10.1. The summed E-state index contributed by atoms with van der Waals surface area (Å²) in [5.74, 6) is 0.319. The fraction of sp³-hybridized carbons (Fsp3) is 0.278. The molecule has 1 atom stereocenters. The van der Waals surface area contributed by atoms with Gasteiger partial charge in [-0.25, -0.2) is 0 Å². The zero-order chi connectivity index (χ0) is 19.3. The van der Waals surface area contributed by atoms with Crippen molar-refractivity contribution in [3.8, 4) is 11.5 Å². The van der Waals surface area contributed by atoms with Gasteiger partial charge in [0.05, 0.1) is 24.6 Å². The summed E-state index contributed by atoms with van der Waals surface area (Å²) in [5.41, 5.74) is 0.809. The first-order valence-electron chi connectivity index (χ1n) is 7.80. The molecule has 1 N–H and O–H groups in total. The Bertz CT molecular complexity index is 807. The second kappa shape index (κ2) is 8.64. The number of likely N-dealkylation sites (N-methyl/N-ethyl adjacent to an activating group) is 1. The van der Waals surface area contributed by atoms with Crippen LogP contribution in [0.3, 0.4) is 0 Å². The van der Waals surface area contributed by atoms with Gasteiger partial charge in [-0.2, -0.15) is 0 Å². The number of methoxy groups -OCH3 is 1. The van der Waals surface area contributed by atoms with E-state index in [-0.39, 0.29) is 16.6 Å². The van der Waals surface area contributed by atoms with E-state index in [0.29, 0.717) is 6.54 Å². The van der Waals surface area contributed by atoms with Crippen LogP contribution in [0.2, 0.25) is 5.02 Å². The molecule has 0 aliphatic carbocycles. The monoisotopic (exact) mass is 377 g/mol. The fourth-order valence-electron chi connectivity index (χ4n) is 2.49. The Balaban J connectivity index is 2.22. The van der Waals surface area contributed by atoms with Gasteiger partial charge >= 0.3 is 5.69 Å². The first kappa shape index (κ1) is 19.7. The maximum Gasteiger partial charge on any atom is 0.312 e. The zero-order valence-electron chi connectivity index (χ0n) is 14.7. The van der Waals surface area contributed by atoms with Gasteiger partial charge in [-0.15, -0.1) is 0 Å². The van der Waals surface area contributed by atoms with Crippen molar-refractivity contribution in [1.29, 1.82) is 0 Å². The third-order valence-electron chi connectivity index (χ3n) is 3.91. The summed E-state index contributed by atoms with van der Waals surface area (Å²) in [6, 6.07) is 10.2. The SMILES string of the molecule is COc1ccc(C(CN=Cc2cc(Cl)cc([N+](=O)[O-])c2O)N(C)C)cc1. The van der Waals surface area contributed by atoms with Crippen molar-refractivity contribution in [3.05, 3.63) is 62.7 Å². The summed E-state index contributed by atoms with van der Waals surface area (Å²) in [5, 5.41) is 21.1. The minimum Gasteiger partial charge on any atom is -0.502 e. The molecule has 2 rings (SSSR count). The van der Waals surface area contributed by atoms with Crippen LogP contribution in [0.5, 0.6) is 11.5 Å². The third kappa shape index (κ3) is 4.71. The Labute approximate surface area is 156 Å². The van der Waals surface area contributed by atoms with E-state index in [4.69, 9.17) is 16.3 Å². The number of ether oxygens (including phenoxy) is 1. The summed E-state index contributed by atoms with van der Waals surface area (Å²) in [6.07, 6.45) is 1.40. The fourth-order valence-corrected chi connectivity index (χ4v) is 2.71. The molecule has 0 aliphatic rings. The van der Waals surface area contributed by atoms with Crippen molar-refractivity contribution in [3.63, 3.8) is 0 Å². The van der Waals surface area contributed by atoms with E-state index >= 15 is 0 Å². The van der Waals surface area contributed by atoms with E-state index in [1.54, 1.807) is 7.11 Å². The maximum atomic E-state index is 11.0. The molecule has 0 saturated carbocycles. The van der Waals surface area contributed by atoms with Gasteiger partial charge in [-0.1, -0.05) is 23.7 Å². The number of hydrogen-bond acceptors (Lipinski definition) is 6. The highest BCUT2D eigenvalue weighted by Crippen LogP contribution is 2.32. The highest BCUT2D eigenvalue weighted by atomic mass is 35.5. The number of nitro benzene ring substituents is 1. The summed E-state index contributed by atoms with van der Waals surface area (Å²) in [6.45, 7) is 0.402. The van der Waals surface area contributed by atoms with Gasteiger partial charge in [0.25, 0.3) is 0 Å². The van der Waals surface area contributed by atoms with Crippen LogP contribution >= 0.6 is 11.6 Å². The number of halogens is 1. The van der Waals surface area contributed by atoms with Gasteiger partial charge < -0.3 is 14.7 Å². The molecular weight excluding hydrogens is 358 g/mol. The summed E-state index contributed by atoms with van der Waals surface area (Å²) in [4.78, 5) is 16.6. The number of aromatic hydroxyl groups is 1. The number of benzene rings is 2. The number of phenols is 1.